The van der Waals surface area contributed by atoms with E-state index >= 15 is 0 Å². The van der Waals surface area contributed by atoms with Gasteiger partial charge in [-0.05, 0) is 39.1 Å². The lowest BCUT2D eigenvalue weighted by Crippen LogP contribution is -2.75. The van der Waals surface area contributed by atoms with Crippen LogP contribution in [0.5, 0.6) is 5.75 Å². The van der Waals surface area contributed by atoms with Gasteiger partial charge in [-0.1, -0.05) is 12.1 Å². The Bertz CT molecular complexity index is 1090. The van der Waals surface area contributed by atoms with E-state index in [1.165, 1.54) is 44.1 Å². The van der Waals surface area contributed by atoms with E-state index in [2.05, 4.69) is 0 Å². The molecule has 1 aromatic rings. The topological polar surface area (TPSA) is 175 Å². The average molecular weight is 444 g/mol. The van der Waals surface area contributed by atoms with E-state index in [4.69, 9.17) is 5.73 Å². The fraction of sp³-hybridized carbons (Fsp3) is 0.500. The van der Waals surface area contributed by atoms with Crippen LogP contribution in [0.2, 0.25) is 0 Å². The van der Waals surface area contributed by atoms with Gasteiger partial charge in [-0.25, -0.2) is 0 Å². The maximum absolute atomic E-state index is 13.6. The zero-order valence-electron chi connectivity index (χ0n) is 17.7. The van der Waals surface area contributed by atoms with Gasteiger partial charge in [0.25, 0.3) is 0 Å². The van der Waals surface area contributed by atoms with E-state index in [0.29, 0.717) is 0 Å². The Labute approximate surface area is 183 Å². The Morgan fingerprint density at radius 2 is 1.72 bits per heavy atom. The molecule has 4 rings (SSSR count). The van der Waals surface area contributed by atoms with Gasteiger partial charge in [0, 0.05) is 11.8 Å². The van der Waals surface area contributed by atoms with Crippen molar-refractivity contribution in [3.8, 4) is 5.75 Å². The number of phenolic OH excluding ortho intramolecular Hbond substituents is 1. The molecule has 2 saturated carbocycles. The molecule has 0 aromatic heterocycles. The van der Waals surface area contributed by atoms with Gasteiger partial charge >= 0.3 is 0 Å². The van der Waals surface area contributed by atoms with E-state index in [1.54, 1.807) is 0 Å². The summed E-state index contributed by atoms with van der Waals surface area (Å²) in [5.74, 6) is -12.0. The summed E-state index contributed by atoms with van der Waals surface area (Å²) in [6, 6.07) is 2.91. The second-order valence-corrected chi connectivity index (χ2v) is 9.28. The van der Waals surface area contributed by atoms with Crippen molar-refractivity contribution < 1.29 is 39.3 Å². The fourth-order valence-corrected chi connectivity index (χ4v) is 5.88. The van der Waals surface area contributed by atoms with Crippen LogP contribution in [-0.2, 0) is 24.8 Å². The van der Waals surface area contributed by atoms with Gasteiger partial charge in [-0.15, -0.1) is 0 Å². The first kappa shape index (κ1) is 22.3. The summed E-state index contributed by atoms with van der Waals surface area (Å²) in [4.78, 5) is 66.4. The predicted molar refractivity (Wildman–Crippen MR) is 107 cm³/mol. The SMILES string of the molecule is CN(C)C1C(=O)C(C(N)=O)C(=O)[C@@]2(O)C(=O)C3C(=O)c4c(O)cccc4C(C)(O)C3CC12. The van der Waals surface area contributed by atoms with Crippen LogP contribution in [0.4, 0.5) is 0 Å². The van der Waals surface area contributed by atoms with Crippen LogP contribution >= 0.6 is 0 Å². The Hall–Kier alpha value is -2.95. The number of nitrogens with two attached hydrogens (primary N) is 1. The van der Waals surface area contributed by atoms with Crippen LogP contribution in [0.15, 0.2) is 18.2 Å². The lowest BCUT2D eigenvalue weighted by molar-refractivity contribution is -0.188. The van der Waals surface area contributed by atoms with Crippen molar-refractivity contribution in [1.82, 2.24) is 4.90 Å². The van der Waals surface area contributed by atoms with Crippen molar-refractivity contribution in [2.24, 2.45) is 29.4 Å². The maximum atomic E-state index is 13.6. The van der Waals surface area contributed by atoms with Gasteiger partial charge in [-0.3, -0.25) is 28.9 Å². The molecule has 0 spiro atoms. The summed E-state index contributed by atoms with van der Waals surface area (Å²) in [5.41, 5.74) is 0.511. The number of hydrogen-bond acceptors (Lipinski definition) is 9. The molecular weight excluding hydrogens is 420 g/mol. The number of nitrogens with zero attached hydrogens (tertiary/aromatic N) is 1. The van der Waals surface area contributed by atoms with Crippen molar-refractivity contribution in [1.29, 1.82) is 0 Å². The third-order valence-corrected chi connectivity index (χ3v) is 7.38. The van der Waals surface area contributed by atoms with Gasteiger partial charge in [0.2, 0.25) is 5.91 Å². The monoisotopic (exact) mass is 444 g/mol. The molecule has 0 saturated heterocycles. The number of carbonyl (C=O) groups excluding carboxylic acids is 5. The second kappa shape index (κ2) is 6.77. The van der Waals surface area contributed by atoms with Crippen LogP contribution in [0.1, 0.15) is 29.3 Å². The predicted octanol–water partition coefficient (Wildman–Crippen LogP) is -1.47. The van der Waals surface area contributed by atoms with Gasteiger partial charge < -0.3 is 21.1 Å². The molecule has 2 fully saturated rings. The molecule has 3 aliphatic rings. The van der Waals surface area contributed by atoms with Crippen molar-refractivity contribution >= 4 is 29.0 Å². The molecule has 0 bridgehead atoms. The average Bonchev–Trinajstić information content (AvgIpc) is 2.68. The molecule has 10 nitrogen and oxygen atoms in total. The highest BCUT2D eigenvalue weighted by molar-refractivity contribution is 6.32. The number of primary amides is 1. The first-order valence-corrected chi connectivity index (χ1v) is 10.2. The largest absolute Gasteiger partial charge is 0.507 e. The number of hydrogen-bond donors (Lipinski definition) is 4. The van der Waals surface area contributed by atoms with Crippen LogP contribution in [0, 0.1) is 23.7 Å². The van der Waals surface area contributed by atoms with Crippen molar-refractivity contribution in [3.63, 3.8) is 0 Å². The molecule has 6 unspecified atom stereocenters. The van der Waals surface area contributed by atoms with Crippen molar-refractivity contribution in [2.75, 3.05) is 14.1 Å². The number of Topliss-reactive ketones (excluding diaryl/α,β-unsaturated/α-hetero) is 4. The standard InChI is InChI=1S/C22H24N2O8/c1-21(31)8-5-4-6-11(25)12(8)16(26)13-9(21)7-10-15(24(2)3)17(27)14(20(23)30)19(29)22(10,32)18(13)28/h4-6,9-10,13-15,25,31-32H,7H2,1-3H3,(H2,23,30)/t9?,10?,13?,14?,15?,21?,22-/m0/s1. The third-order valence-electron chi connectivity index (χ3n) is 7.38. The second-order valence-electron chi connectivity index (χ2n) is 9.28. The van der Waals surface area contributed by atoms with Crippen LogP contribution in [-0.4, -0.2) is 75.0 Å². The number of ketones is 4. The third kappa shape index (κ3) is 2.54. The highest BCUT2D eigenvalue weighted by atomic mass is 16.3. The van der Waals surface area contributed by atoms with E-state index in [9.17, 15) is 39.3 Å². The molecular formula is C22H24N2O8. The number of likely N-dealkylation sites (N-methyl/N-ethyl adjacent to an activating group) is 1. The lowest BCUT2D eigenvalue weighted by atomic mass is 9.49. The molecule has 5 N–H and O–H groups in total. The molecule has 7 atom stereocenters. The zero-order chi connectivity index (χ0) is 23.9. The van der Waals surface area contributed by atoms with Crippen LogP contribution in [0.3, 0.4) is 0 Å². The Morgan fingerprint density at radius 3 is 2.28 bits per heavy atom. The van der Waals surface area contributed by atoms with Crippen molar-refractivity contribution in [3.05, 3.63) is 29.3 Å². The molecule has 1 amide bonds. The first-order chi connectivity index (χ1) is 14.8. The van der Waals surface area contributed by atoms with Crippen LogP contribution in [0.25, 0.3) is 0 Å². The Balaban J connectivity index is 1.95. The normalized spacial score (nSPS) is 38.9. The maximum Gasteiger partial charge on any atom is 0.235 e. The van der Waals surface area contributed by atoms with Gasteiger partial charge in [-0.2, -0.15) is 0 Å². The zero-order valence-corrected chi connectivity index (χ0v) is 17.7. The summed E-state index contributed by atoms with van der Waals surface area (Å²) >= 11 is 0. The van der Waals surface area contributed by atoms with E-state index in [0.717, 1.165) is 0 Å². The Kier molecular flexibility index (Phi) is 4.71. The van der Waals surface area contributed by atoms with Gasteiger partial charge in [0.15, 0.2) is 34.7 Å². The summed E-state index contributed by atoms with van der Waals surface area (Å²) in [7, 11) is 2.98. The molecule has 10 heteroatoms. The quantitative estimate of drug-likeness (QED) is 0.397. The number of aliphatic hydroxyl groups is 2. The number of amides is 1. The smallest absolute Gasteiger partial charge is 0.235 e. The number of benzene rings is 1. The molecule has 1 aromatic carbocycles. The summed E-state index contributed by atoms with van der Waals surface area (Å²) in [6.07, 6.45) is -0.230. The lowest BCUT2D eigenvalue weighted by Gasteiger charge is -2.55. The molecule has 32 heavy (non-hydrogen) atoms. The summed E-state index contributed by atoms with van der Waals surface area (Å²) < 4.78 is 0. The molecule has 3 aliphatic carbocycles. The highest BCUT2D eigenvalue weighted by Crippen LogP contribution is 2.55. The highest BCUT2D eigenvalue weighted by Gasteiger charge is 2.71. The number of rotatable bonds is 2. The van der Waals surface area contributed by atoms with Gasteiger partial charge in [0.05, 0.1) is 23.1 Å². The Morgan fingerprint density at radius 1 is 1.09 bits per heavy atom. The molecule has 170 valence electrons. The first-order valence-electron chi connectivity index (χ1n) is 10.2. The van der Waals surface area contributed by atoms with E-state index in [-0.39, 0.29) is 17.5 Å². The minimum Gasteiger partial charge on any atom is -0.507 e. The minimum atomic E-state index is -2.82. The summed E-state index contributed by atoms with van der Waals surface area (Å²) in [6.45, 7) is 1.39. The van der Waals surface area contributed by atoms with E-state index in [1.807, 2.05) is 0 Å². The summed E-state index contributed by atoms with van der Waals surface area (Å²) in [5, 5.41) is 33.1. The van der Waals surface area contributed by atoms with E-state index < -0.39 is 75.7 Å². The fourth-order valence-electron chi connectivity index (χ4n) is 5.88. The number of aromatic hydroxyl groups is 1. The van der Waals surface area contributed by atoms with Gasteiger partial charge in [0.1, 0.15) is 5.75 Å². The van der Waals surface area contributed by atoms with Crippen LogP contribution < -0.4 is 5.73 Å². The number of carbonyl (C=O) groups is 5. The number of fused-ring (bicyclic) bond motifs is 3. The number of phenols is 1. The molecule has 0 heterocycles. The molecule has 0 radical (unpaired) electrons. The molecule has 0 aliphatic heterocycles. The minimum absolute atomic E-state index is 0.117. The van der Waals surface area contributed by atoms with Crippen molar-refractivity contribution in [2.45, 2.75) is 30.6 Å².